The molecule has 0 spiro atoms. The van der Waals surface area contributed by atoms with Gasteiger partial charge in [-0.1, -0.05) is 13.0 Å². The van der Waals surface area contributed by atoms with Crippen LogP contribution in [0.2, 0.25) is 0 Å². The van der Waals surface area contributed by atoms with Gasteiger partial charge in [0.05, 0.1) is 19.4 Å². The molecule has 1 aromatic carbocycles. The molecule has 0 unspecified atom stereocenters. The van der Waals surface area contributed by atoms with Crippen LogP contribution in [0.4, 0.5) is 0 Å². The van der Waals surface area contributed by atoms with Crippen molar-refractivity contribution in [2.45, 2.75) is 26.3 Å². The quantitative estimate of drug-likeness (QED) is 0.911. The Balaban J connectivity index is 1.91. The first-order valence-corrected chi connectivity index (χ1v) is 6.91. The summed E-state index contributed by atoms with van der Waals surface area (Å²) in [5.74, 6) is 2.03. The molecule has 3 heteroatoms. The van der Waals surface area contributed by atoms with E-state index in [0.717, 1.165) is 44.0 Å². The topological polar surface area (TPSA) is 34.4 Å². The maximum atomic E-state index is 5.66. The molecule has 0 saturated carbocycles. The summed E-state index contributed by atoms with van der Waals surface area (Å²) >= 11 is 0. The minimum Gasteiger partial charge on any atom is -0.493 e. The Morgan fingerprint density at radius 1 is 1.26 bits per heavy atom. The number of aryl methyl sites for hydroxylation is 1. The molecule has 19 heavy (non-hydrogen) atoms. The Hall–Kier alpha value is -1.74. The predicted octanol–water partition coefficient (Wildman–Crippen LogP) is 3.38. The van der Waals surface area contributed by atoms with Gasteiger partial charge in [0.15, 0.2) is 0 Å². The summed E-state index contributed by atoms with van der Waals surface area (Å²) in [6.45, 7) is 4.65. The summed E-state index contributed by atoms with van der Waals surface area (Å²) in [6, 6.07) is 8.46. The van der Waals surface area contributed by atoms with Gasteiger partial charge in [-0.05, 0) is 48.7 Å². The zero-order valence-corrected chi connectivity index (χ0v) is 11.2. The van der Waals surface area contributed by atoms with Crippen molar-refractivity contribution in [3.05, 3.63) is 41.9 Å². The molecular weight excluding hydrogens is 238 g/mol. The molecule has 3 rings (SSSR count). The molecule has 0 saturated heterocycles. The molecule has 2 heterocycles. The van der Waals surface area contributed by atoms with E-state index >= 15 is 0 Å². The van der Waals surface area contributed by atoms with E-state index in [1.165, 1.54) is 16.7 Å². The van der Waals surface area contributed by atoms with Crippen molar-refractivity contribution in [3.8, 4) is 16.9 Å². The van der Waals surface area contributed by atoms with Crippen LogP contribution in [0.5, 0.6) is 5.75 Å². The van der Waals surface area contributed by atoms with E-state index in [-0.39, 0.29) is 0 Å². The van der Waals surface area contributed by atoms with Crippen molar-refractivity contribution in [3.63, 3.8) is 0 Å². The molecule has 1 aliphatic heterocycles. The Kier molecular flexibility index (Phi) is 3.56. The van der Waals surface area contributed by atoms with Crippen molar-refractivity contribution >= 4 is 0 Å². The van der Waals surface area contributed by atoms with Gasteiger partial charge >= 0.3 is 0 Å². The summed E-state index contributed by atoms with van der Waals surface area (Å²) in [6.07, 6.45) is 3.97. The average Bonchev–Trinajstić information content (AvgIpc) is 2.93. The van der Waals surface area contributed by atoms with E-state index in [4.69, 9.17) is 9.15 Å². The Bertz CT molecular complexity index is 560. The van der Waals surface area contributed by atoms with Gasteiger partial charge in [0.25, 0.3) is 0 Å². The maximum absolute atomic E-state index is 5.66. The first-order valence-electron chi connectivity index (χ1n) is 6.91. The molecule has 1 aromatic heterocycles. The fraction of sp³-hybridized carbons (Fsp3) is 0.375. The predicted molar refractivity (Wildman–Crippen MR) is 75.3 cm³/mol. The Labute approximate surface area is 113 Å². The van der Waals surface area contributed by atoms with Crippen LogP contribution in [-0.2, 0) is 13.0 Å². The SMILES string of the molecule is CCNCc1occc1-c1ccc2c(c1)CCCO2. The molecule has 0 aliphatic carbocycles. The molecule has 0 bridgehead atoms. The molecule has 1 aliphatic rings. The third-order valence-corrected chi connectivity index (χ3v) is 3.50. The molecule has 0 fully saturated rings. The van der Waals surface area contributed by atoms with Gasteiger partial charge < -0.3 is 14.5 Å². The minimum atomic E-state index is 0.770. The van der Waals surface area contributed by atoms with Crippen LogP contribution >= 0.6 is 0 Å². The maximum Gasteiger partial charge on any atom is 0.125 e. The third-order valence-electron chi connectivity index (χ3n) is 3.50. The second-order valence-electron chi connectivity index (χ2n) is 4.81. The Morgan fingerprint density at radius 2 is 2.21 bits per heavy atom. The van der Waals surface area contributed by atoms with Crippen molar-refractivity contribution in [2.75, 3.05) is 13.2 Å². The standard InChI is InChI=1S/C16H19NO2/c1-2-17-11-16-14(7-9-19-16)12-5-6-15-13(10-12)4-3-8-18-15/h5-7,9-10,17H,2-4,8,11H2,1H3. The Morgan fingerprint density at radius 3 is 3.11 bits per heavy atom. The van der Waals surface area contributed by atoms with E-state index in [2.05, 4.69) is 30.4 Å². The van der Waals surface area contributed by atoms with Gasteiger partial charge in [-0.25, -0.2) is 0 Å². The zero-order valence-electron chi connectivity index (χ0n) is 11.2. The lowest BCUT2D eigenvalue weighted by Gasteiger charge is -2.17. The summed E-state index contributed by atoms with van der Waals surface area (Å²) < 4.78 is 11.2. The van der Waals surface area contributed by atoms with Crippen LogP contribution in [0.25, 0.3) is 11.1 Å². The van der Waals surface area contributed by atoms with Crippen molar-refractivity contribution < 1.29 is 9.15 Å². The fourth-order valence-electron chi connectivity index (χ4n) is 2.50. The van der Waals surface area contributed by atoms with Crippen molar-refractivity contribution in [2.24, 2.45) is 0 Å². The highest BCUT2D eigenvalue weighted by Gasteiger charge is 2.14. The molecule has 0 amide bonds. The van der Waals surface area contributed by atoms with Gasteiger partial charge in [0.1, 0.15) is 11.5 Å². The van der Waals surface area contributed by atoms with Crippen LogP contribution in [0.15, 0.2) is 34.9 Å². The summed E-state index contributed by atoms with van der Waals surface area (Å²) in [5.41, 5.74) is 3.69. The molecule has 1 N–H and O–H groups in total. The number of nitrogens with one attached hydrogen (secondary N) is 1. The monoisotopic (exact) mass is 257 g/mol. The number of ether oxygens (including phenoxy) is 1. The van der Waals surface area contributed by atoms with E-state index < -0.39 is 0 Å². The molecule has 0 atom stereocenters. The lowest BCUT2D eigenvalue weighted by molar-refractivity contribution is 0.288. The lowest BCUT2D eigenvalue weighted by Crippen LogP contribution is -2.11. The van der Waals surface area contributed by atoms with Crippen LogP contribution in [0.1, 0.15) is 24.7 Å². The van der Waals surface area contributed by atoms with E-state index in [1.807, 2.05) is 6.07 Å². The molecule has 3 nitrogen and oxygen atoms in total. The molecule has 100 valence electrons. The highest BCUT2D eigenvalue weighted by molar-refractivity contribution is 5.67. The van der Waals surface area contributed by atoms with E-state index in [0.29, 0.717) is 0 Å². The fourth-order valence-corrected chi connectivity index (χ4v) is 2.50. The third kappa shape index (κ3) is 2.51. The summed E-state index contributed by atoms with van der Waals surface area (Å²) in [5, 5.41) is 3.30. The first kappa shape index (κ1) is 12.3. The minimum absolute atomic E-state index is 0.770. The van der Waals surface area contributed by atoms with Gasteiger partial charge in [0, 0.05) is 5.56 Å². The second-order valence-corrected chi connectivity index (χ2v) is 4.81. The van der Waals surface area contributed by atoms with E-state index in [1.54, 1.807) is 6.26 Å². The highest BCUT2D eigenvalue weighted by Crippen LogP contribution is 2.32. The van der Waals surface area contributed by atoms with Gasteiger partial charge in [-0.3, -0.25) is 0 Å². The molecule has 2 aromatic rings. The van der Waals surface area contributed by atoms with E-state index in [9.17, 15) is 0 Å². The van der Waals surface area contributed by atoms with Gasteiger partial charge in [-0.2, -0.15) is 0 Å². The van der Waals surface area contributed by atoms with Crippen LogP contribution in [0, 0.1) is 0 Å². The average molecular weight is 257 g/mol. The molecular formula is C16H19NO2. The van der Waals surface area contributed by atoms with Gasteiger partial charge in [0.2, 0.25) is 0 Å². The zero-order chi connectivity index (χ0) is 13.1. The normalized spacial score (nSPS) is 13.9. The summed E-state index contributed by atoms with van der Waals surface area (Å²) in [4.78, 5) is 0. The summed E-state index contributed by atoms with van der Waals surface area (Å²) in [7, 11) is 0. The van der Waals surface area contributed by atoms with Crippen molar-refractivity contribution in [1.82, 2.24) is 5.32 Å². The van der Waals surface area contributed by atoms with Crippen LogP contribution < -0.4 is 10.1 Å². The van der Waals surface area contributed by atoms with Gasteiger partial charge in [-0.15, -0.1) is 0 Å². The van der Waals surface area contributed by atoms with Crippen LogP contribution in [-0.4, -0.2) is 13.2 Å². The number of hydrogen-bond donors (Lipinski definition) is 1. The largest absolute Gasteiger partial charge is 0.493 e. The first-order chi connectivity index (χ1) is 9.38. The number of rotatable bonds is 4. The van der Waals surface area contributed by atoms with Crippen LogP contribution in [0.3, 0.4) is 0 Å². The number of benzene rings is 1. The van der Waals surface area contributed by atoms with Crippen molar-refractivity contribution in [1.29, 1.82) is 0 Å². The number of hydrogen-bond acceptors (Lipinski definition) is 3. The highest BCUT2D eigenvalue weighted by atomic mass is 16.5. The molecule has 0 radical (unpaired) electrons. The smallest absolute Gasteiger partial charge is 0.125 e. The number of fused-ring (bicyclic) bond motifs is 1. The number of furan rings is 1. The second kappa shape index (κ2) is 5.49. The lowest BCUT2D eigenvalue weighted by atomic mass is 9.99.